The topological polar surface area (TPSA) is 76.1 Å². The van der Waals surface area contributed by atoms with E-state index in [1.54, 1.807) is 19.9 Å². The molecule has 0 unspecified atom stereocenters. The van der Waals surface area contributed by atoms with E-state index in [4.69, 9.17) is 14.6 Å². The molecule has 1 amide bonds. The van der Waals surface area contributed by atoms with Gasteiger partial charge in [-0.05, 0) is 41.9 Å². The van der Waals surface area contributed by atoms with E-state index in [0.717, 1.165) is 0 Å². The number of aliphatic carboxylic acids is 1. The zero-order chi connectivity index (χ0) is 16.2. The Kier molecular flexibility index (Phi) is 6.02. The van der Waals surface area contributed by atoms with E-state index in [1.807, 2.05) is 0 Å². The molecule has 0 saturated heterocycles. The fourth-order valence-corrected chi connectivity index (χ4v) is 2.44. The van der Waals surface area contributed by atoms with Gasteiger partial charge in [-0.25, -0.2) is 0 Å². The summed E-state index contributed by atoms with van der Waals surface area (Å²) in [6.45, 7) is 3.12. The van der Waals surface area contributed by atoms with Crippen molar-refractivity contribution in [1.82, 2.24) is 4.90 Å². The van der Waals surface area contributed by atoms with E-state index >= 15 is 0 Å². The minimum Gasteiger partial charge on any atom is -0.497 e. The minimum absolute atomic E-state index is 0.249. The van der Waals surface area contributed by atoms with Crippen molar-refractivity contribution in [2.45, 2.75) is 19.9 Å². The van der Waals surface area contributed by atoms with Crippen molar-refractivity contribution in [1.29, 1.82) is 0 Å². The Morgan fingerprint density at radius 2 is 1.90 bits per heavy atom. The molecule has 1 rings (SSSR count). The van der Waals surface area contributed by atoms with E-state index in [-0.39, 0.29) is 18.2 Å². The average Bonchev–Trinajstić information content (AvgIpc) is 2.42. The van der Waals surface area contributed by atoms with Crippen molar-refractivity contribution in [2.75, 3.05) is 20.8 Å². The molecule has 116 valence electrons. The highest BCUT2D eigenvalue weighted by Gasteiger charge is 2.26. The summed E-state index contributed by atoms with van der Waals surface area (Å²) in [7, 11) is 2.93. The van der Waals surface area contributed by atoms with Gasteiger partial charge < -0.3 is 19.5 Å². The maximum Gasteiger partial charge on any atom is 0.323 e. The number of carbonyl (C=O) groups is 2. The molecule has 0 aliphatic carbocycles. The molecule has 1 aromatic rings. The largest absolute Gasteiger partial charge is 0.497 e. The second kappa shape index (κ2) is 7.31. The summed E-state index contributed by atoms with van der Waals surface area (Å²) in [5.74, 6) is -0.677. The number of hydrogen-bond donors (Lipinski definition) is 1. The number of carboxylic acids is 1. The first-order valence-electron chi connectivity index (χ1n) is 6.26. The van der Waals surface area contributed by atoms with Crippen molar-refractivity contribution in [3.05, 3.63) is 22.2 Å². The third kappa shape index (κ3) is 4.10. The Labute approximate surface area is 131 Å². The monoisotopic (exact) mass is 359 g/mol. The molecular formula is C14H18BrNO5. The van der Waals surface area contributed by atoms with Crippen molar-refractivity contribution in [3.8, 4) is 11.5 Å². The van der Waals surface area contributed by atoms with Gasteiger partial charge in [-0.2, -0.15) is 0 Å². The highest BCUT2D eigenvalue weighted by atomic mass is 79.9. The lowest BCUT2D eigenvalue weighted by Gasteiger charge is -2.26. The predicted molar refractivity (Wildman–Crippen MR) is 81.1 cm³/mol. The number of carboxylic acid groups (broad SMARTS) is 1. The van der Waals surface area contributed by atoms with Crippen molar-refractivity contribution >= 4 is 27.8 Å². The van der Waals surface area contributed by atoms with Crippen molar-refractivity contribution in [3.63, 3.8) is 0 Å². The number of nitrogens with zero attached hydrogens (tertiary/aromatic N) is 1. The van der Waals surface area contributed by atoms with Crippen LogP contribution in [0.25, 0.3) is 0 Å². The van der Waals surface area contributed by atoms with Gasteiger partial charge >= 0.3 is 5.97 Å². The SMILES string of the molecule is COc1cc(Br)c(OC)c(C(=O)N(CC(=O)O)C(C)C)c1. The van der Waals surface area contributed by atoms with Crippen LogP contribution in [0.5, 0.6) is 11.5 Å². The molecule has 0 aliphatic rings. The summed E-state index contributed by atoms with van der Waals surface area (Å²) >= 11 is 3.31. The standard InChI is InChI=1S/C14H18BrNO5/c1-8(2)16(7-12(17)18)14(19)10-5-9(20-3)6-11(15)13(10)21-4/h5-6,8H,7H2,1-4H3,(H,17,18). The molecule has 21 heavy (non-hydrogen) atoms. The molecule has 0 aliphatic heterocycles. The smallest absolute Gasteiger partial charge is 0.323 e. The molecule has 0 radical (unpaired) electrons. The van der Waals surface area contributed by atoms with E-state index in [9.17, 15) is 9.59 Å². The molecule has 1 N–H and O–H groups in total. The van der Waals surface area contributed by atoms with Gasteiger partial charge in [0.15, 0.2) is 0 Å². The summed E-state index contributed by atoms with van der Waals surface area (Å²) in [6, 6.07) is 2.94. The zero-order valence-electron chi connectivity index (χ0n) is 12.3. The first kappa shape index (κ1) is 17.3. The fraction of sp³-hybridized carbons (Fsp3) is 0.429. The number of amides is 1. The highest BCUT2D eigenvalue weighted by Crippen LogP contribution is 2.34. The number of benzene rings is 1. The fourth-order valence-electron chi connectivity index (χ4n) is 1.84. The molecule has 0 aromatic heterocycles. The average molecular weight is 360 g/mol. The Morgan fingerprint density at radius 1 is 1.29 bits per heavy atom. The second-order valence-corrected chi connectivity index (χ2v) is 5.46. The van der Waals surface area contributed by atoms with Gasteiger partial charge in [0.05, 0.1) is 24.3 Å². The van der Waals surface area contributed by atoms with E-state index in [1.165, 1.54) is 25.2 Å². The molecule has 0 bridgehead atoms. The van der Waals surface area contributed by atoms with Crippen LogP contribution in [0.3, 0.4) is 0 Å². The quantitative estimate of drug-likeness (QED) is 0.843. The van der Waals surface area contributed by atoms with Gasteiger partial charge in [-0.15, -0.1) is 0 Å². The maximum atomic E-state index is 12.6. The summed E-state index contributed by atoms with van der Waals surface area (Å²) in [6.07, 6.45) is 0. The Bertz CT molecular complexity index is 544. The molecular weight excluding hydrogens is 342 g/mol. The number of hydrogen-bond acceptors (Lipinski definition) is 4. The van der Waals surface area contributed by atoms with Crippen molar-refractivity contribution < 1.29 is 24.2 Å². The number of methoxy groups -OCH3 is 2. The van der Waals surface area contributed by atoms with Crippen LogP contribution in [0.4, 0.5) is 0 Å². The van der Waals surface area contributed by atoms with Gasteiger partial charge in [0, 0.05) is 6.04 Å². The molecule has 0 saturated carbocycles. The zero-order valence-corrected chi connectivity index (χ0v) is 13.9. The van der Waals surface area contributed by atoms with Gasteiger partial charge in [-0.3, -0.25) is 9.59 Å². The van der Waals surface area contributed by atoms with Crippen LogP contribution >= 0.6 is 15.9 Å². The lowest BCUT2D eigenvalue weighted by atomic mass is 10.1. The highest BCUT2D eigenvalue weighted by molar-refractivity contribution is 9.10. The van der Waals surface area contributed by atoms with E-state index in [0.29, 0.717) is 16.0 Å². The van der Waals surface area contributed by atoms with Crippen LogP contribution in [0.1, 0.15) is 24.2 Å². The summed E-state index contributed by atoms with van der Waals surface area (Å²) < 4.78 is 10.9. The molecule has 6 nitrogen and oxygen atoms in total. The van der Waals surface area contributed by atoms with Crippen LogP contribution in [-0.2, 0) is 4.79 Å². The van der Waals surface area contributed by atoms with Gasteiger partial charge in [0.1, 0.15) is 18.0 Å². The minimum atomic E-state index is -1.07. The molecule has 0 atom stereocenters. The van der Waals surface area contributed by atoms with Gasteiger partial charge in [0.25, 0.3) is 5.91 Å². The Balaban J connectivity index is 3.31. The lowest BCUT2D eigenvalue weighted by molar-refractivity contribution is -0.138. The second-order valence-electron chi connectivity index (χ2n) is 4.61. The molecule has 7 heteroatoms. The van der Waals surface area contributed by atoms with Gasteiger partial charge in [-0.1, -0.05) is 0 Å². The summed E-state index contributed by atoms with van der Waals surface area (Å²) in [5, 5.41) is 8.95. The Morgan fingerprint density at radius 3 is 2.33 bits per heavy atom. The molecule has 0 fully saturated rings. The third-order valence-electron chi connectivity index (χ3n) is 2.88. The first-order valence-corrected chi connectivity index (χ1v) is 7.05. The normalized spacial score (nSPS) is 10.4. The number of rotatable bonds is 6. The lowest BCUT2D eigenvalue weighted by Crippen LogP contribution is -2.40. The van der Waals surface area contributed by atoms with Crippen LogP contribution in [0.2, 0.25) is 0 Å². The number of ether oxygens (including phenoxy) is 2. The molecule has 0 spiro atoms. The Hall–Kier alpha value is -1.76. The molecule has 1 aromatic carbocycles. The van der Waals surface area contributed by atoms with Crippen molar-refractivity contribution in [2.24, 2.45) is 0 Å². The van der Waals surface area contributed by atoms with Crippen LogP contribution in [0.15, 0.2) is 16.6 Å². The van der Waals surface area contributed by atoms with Crippen LogP contribution < -0.4 is 9.47 Å². The maximum absolute atomic E-state index is 12.6. The predicted octanol–water partition coefficient (Wildman–Crippen LogP) is 2.40. The molecule has 0 heterocycles. The van der Waals surface area contributed by atoms with Crippen LogP contribution in [0, 0.1) is 0 Å². The summed E-state index contributed by atoms with van der Waals surface area (Å²) in [5.41, 5.74) is 0.249. The van der Waals surface area contributed by atoms with Crippen LogP contribution in [-0.4, -0.2) is 48.7 Å². The third-order valence-corrected chi connectivity index (χ3v) is 3.47. The number of halogens is 1. The van der Waals surface area contributed by atoms with E-state index in [2.05, 4.69) is 15.9 Å². The van der Waals surface area contributed by atoms with Gasteiger partial charge in [0.2, 0.25) is 0 Å². The first-order chi connectivity index (χ1) is 9.81. The number of carbonyl (C=O) groups excluding carboxylic acids is 1. The summed E-state index contributed by atoms with van der Waals surface area (Å²) in [4.78, 5) is 24.8. The van der Waals surface area contributed by atoms with E-state index < -0.39 is 11.9 Å².